The highest BCUT2D eigenvalue weighted by Gasteiger charge is 2.36. The Labute approximate surface area is 165 Å². The van der Waals surface area contributed by atoms with E-state index in [0.717, 1.165) is 16.7 Å². The maximum absolute atomic E-state index is 12.1. The third-order valence-corrected chi connectivity index (χ3v) is 5.03. The monoisotopic (exact) mass is 363 g/mol. The molecule has 4 rings (SSSR count). The summed E-state index contributed by atoms with van der Waals surface area (Å²) in [5.74, 6) is 0. The van der Waals surface area contributed by atoms with Crippen LogP contribution >= 0.6 is 0 Å². The maximum Gasteiger partial charge on any atom is 0.141 e. The zero-order valence-corrected chi connectivity index (χ0v) is 15.4. The molecule has 0 unspecified atom stereocenters. The van der Waals surface area contributed by atoms with Gasteiger partial charge < -0.3 is 5.11 Å². The molecule has 4 aromatic rings. The molecule has 0 spiro atoms. The Kier molecular flexibility index (Phi) is 4.88. The third kappa shape index (κ3) is 3.15. The van der Waals surface area contributed by atoms with Crippen LogP contribution in [-0.2, 0) is 5.60 Å². The van der Waals surface area contributed by atoms with E-state index in [0.29, 0.717) is 16.8 Å². The Morgan fingerprint density at radius 2 is 1.00 bits per heavy atom. The van der Waals surface area contributed by atoms with Crippen molar-refractivity contribution in [3.63, 3.8) is 0 Å². The van der Waals surface area contributed by atoms with Gasteiger partial charge in [0.2, 0.25) is 0 Å². The van der Waals surface area contributed by atoms with E-state index in [9.17, 15) is 5.11 Å². The number of aliphatic hydroxyl groups is 1. The molecular weight excluding hydrogens is 342 g/mol. The summed E-state index contributed by atoms with van der Waals surface area (Å²) in [6.07, 6.45) is 0. The van der Waals surface area contributed by atoms with Crippen LogP contribution in [-0.4, -0.2) is 10.8 Å². The zero-order chi connectivity index (χ0) is 19.4. The van der Waals surface area contributed by atoms with Gasteiger partial charge in [-0.1, -0.05) is 115 Å². The molecule has 0 heterocycles. The molecule has 0 aromatic heterocycles. The molecule has 0 aliphatic heterocycles. The van der Waals surface area contributed by atoms with Gasteiger partial charge >= 0.3 is 0 Å². The minimum absolute atomic E-state index is 0.390. The fraction of sp³-hybridized carbons (Fsp3) is 0.0385. The molecule has 2 heteroatoms. The standard InChI is InChI=1S/C26H21NO/c27-25(20-12-4-1-5-13-20)23-18-10-11-19-24(23)26(28,21-14-6-2-7-15-21)22-16-8-3-9-17-22/h1-19,27-28H. The van der Waals surface area contributed by atoms with Gasteiger partial charge in [0.05, 0.1) is 5.71 Å². The molecule has 2 nitrogen and oxygen atoms in total. The smallest absolute Gasteiger partial charge is 0.141 e. The molecule has 0 aliphatic carbocycles. The zero-order valence-electron chi connectivity index (χ0n) is 15.4. The summed E-state index contributed by atoms with van der Waals surface area (Å²) >= 11 is 0. The predicted molar refractivity (Wildman–Crippen MR) is 114 cm³/mol. The van der Waals surface area contributed by atoms with E-state index in [1.165, 1.54) is 0 Å². The summed E-state index contributed by atoms with van der Waals surface area (Å²) in [6.45, 7) is 0. The molecule has 0 bridgehead atoms. The highest BCUT2D eigenvalue weighted by atomic mass is 16.3. The van der Waals surface area contributed by atoms with E-state index in [1.54, 1.807) is 0 Å². The molecule has 0 radical (unpaired) electrons. The molecule has 0 fully saturated rings. The topological polar surface area (TPSA) is 44.1 Å². The first kappa shape index (κ1) is 17.9. The quantitative estimate of drug-likeness (QED) is 0.362. The first-order valence-electron chi connectivity index (χ1n) is 9.28. The Morgan fingerprint density at radius 1 is 0.571 bits per heavy atom. The Morgan fingerprint density at radius 3 is 1.54 bits per heavy atom. The molecule has 2 N–H and O–H groups in total. The number of benzene rings is 4. The Balaban J connectivity index is 1.96. The van der Waals surface area contributed by atoms with Crippen LogP contribution in [0.15, 0.2) is 115 Å². The summed E-state index contributed by atoms with van der Waals surface area (Å²) < 4.78 is 0. The summed E-state index contributed by atoms with van der Waals surface area (Å²) in [6, 6.07) is 36.5. The minimum Gasteiger partial charge on any atom is -0.376 e. The van der Waals surface area contributed by atoms with Crippen LogP contribution in [0.1, 0.15) is 27.8 Å². The summed E-state index contributed by atoms with van der Waals surface area (Å²) in [5, 5.41) is 20.9. The van der Waals surface area contributed by atoms with Crippen molar-refractivity contribution in [3.05, 3.63) is 143 Å². The Hall–Kier alpha value is -3.49. The summed E-state index contributed by atoms with van der Waals surface area (Å²) in [5.41, 5.74) is 2.80. The Bertz CT molecular complexity index is 1030. The molecule has 0 aliphatic rings. The predicted octanol–water partition coefficient (Wildman–Crippen LogP) is 5.39. The van der Waals surface area contributed by atoms with E-state index in [1.807, 2.05) is 115 Å². The fourth-order valence-electron chi connectivity index (χ4n) is 3.61. The van der Waals surface area contributed by atoms with E-state index >= 15 is 0 Å². The molecule has 0 amide bonds. The van der Waals surface area contributed by atoms with Gasteiger partial charge in [-0.15, -0.1) is 0 Å². The minimum atomic E-state index is -1.36. The lowest BCUT2D eigenvalue weighted by molar-refractivity contribution is 0.125. The highest BCUT2D eigenvalue weighted by molar-refractivity contribution is 6.12. The van der Waals surface area contributed by atoms with E-state index in [4.69, 9.17) is 5.41 Å². The number of nitrogens with one attached hydrogen (secondary N) is 1. The van der Waals surface area contributed by atoms with Crippen LogP contribution in [0.25, 0.3) is 0 Å². The van der Waals surface area contributed by atoms with Gasteiger partial charge in [0.25, 0.3) is 0 Å². The second kappa shape index (κ2) is 7.63. The molecular formula is C26H21NO. The molecule has 0 atom stereocenters. The van der Waals surface area contributed by atoms with Gasteiger partial charge in [0, 0.05) is 16.7 Å². The van der Waals surface area contributed by atoms with Crippen molar-refractivity contribution in [3.8, 4) is 0 Å². The molecule has 28 heavy (non-hydrogen) atoms. The molecule has 4 aromatic carbocycles. The largest absolute Gasteiger partial charge is 0.376 e. The second-order valence-electron chi connectivity index (χ2n) is 6.73. The van der Waals surface area contributed by atoms with Crippen molar-refractivity contribution >= 4 is 5.71 Å². The number of rotatable bonds is 5. The van der Waals surface area contributed by atoms with Crippen molar-refractivity contribution in [1.82, 2.24) is 0 Å². The summed E-state index contributed by atoms with van der Waals surface area (Å²) in [4.78, 5) is 0. The van der Waals surface area contributed by atoms with Crippen molar-refractivity contribution in [1.29, 1.82) is 5.41 Å². The van der Waals surface area contributed by atoms with Gasteiger partial charge in [0.1, 0.15) is 5.60 Å². The van der Waals surface area contributed by atoms with Crippen molar-refractivity contribution in [2.45, 2.75) is 5.60 Å². The van der Waals surface area contributed by atoms with Crippen LogP contribution < -0.4 is 0 Å². The van der Waals surface area contributed by atoms with Crippen LogP contribution in [0.3, 0.4) is 0 Å². The van der Waals surface area contributed by atoms with Gasteiger partial charge in [-0.3, -0.25) is 5.41 Å². The van der Waals surface area contributed by atoms with Crippen molar-refractivity contribution in [2.24, 2.45) is 0 Å². The van der Waals surface area contributed by atoms with Crippen LogP contribution in [0.2, 0.25) is 0 Å². The number of hydrogen-bond acceptors (Lipinski definition) is 2. The summed E-state index contributed by atoms with van der Waals surface area (Å²) in [7, 11) is 0. The lowest BCUT2D eigenvalue weighted by Gasteiger charge is -2.32. The SMILES string of the molecule is N=C(c1ccccc1)c1ccccc1C(O)(c1ccccc1)c1ccccc1. The lowest BCUT2D eigenvalue weighted by Crippen LogP contribution is -2.31. The van der Waals surface area contributed by atoms with Gasteiger partial charge in [-0.05, 0) is 11.1 Å². The van der Waals surface area contributed by atoms with Gasteiger partial charge in [-0.25, -0.2) is 0 Å². The van der Waals surface area contributed by atoms with E-state index in [-0.39, 0.29) is 0 Å². The van der Waals surface area contributed by atoms with Crippen LogP contribution in [0.5, 0.6) is 0 Å². The van der Waals surface area contributed by atoms with Crippen molar-refractivity contribution in [2.75, 3.05) is 0 Å². The molecule has 0 saturated carbocycles. The fourth-order valence-corrected chi connectivity index (χ4v) is 3.61. The average Bonchev–Trinajstić information content (AvgIpc) is 2.80. The van der Waals surface area contributed by atoms with Crippen LogP contribution in [0.4, 0.5) is 0 Å². The normalized spacial score (nSPS) is 11.2. The van der Waals surface area contributed by atoms with E-state index < -0.39 is 5.60 Å². The first-order chi connectivity index (χ1) is 13.7. The molecule has 136 valence electrons. The molecule has 0 saturated heterocycles. The first-order valence-corrected chi connectivity index (χ1v) is 9.28. The van der Waals surface area contributed by atoms with Gasteiger partial charge in [-0.2, -0.15) is 0 Å². The van der Waals surface area contributed by atoms with E-state index in [2.05, 4.69) is 0 Å². The lowest BCUT2D eigenvalue weighted by atomic mass is 9.77. The van der Waals surface area contributed by atoms with Gasteiger partial charge in [0.15, 0.2) is 0 Å². The second-order valence-corrected chi connectivity index (χ2v) is 6.73. The third-order valence-electron chi connectivity index (χ3n) is 5.03. The van der Waals surface area contributed by atoms with Crippen molar-refractivity contribution < 1.29 is 5.11 Å². The number of hydrogen-bond donors (Lipinski definition) is 2. The average molecular weight is 363 g/mol. The van der Waals surface area contributed by atoms with Crippen LogP contribution in [0, 0.1) is 5.41 Å². The highest BCUT2D eigenvalue weighted by Crippen LogP contribution is 2.38. The maximum atomic E-state index is 12.1.